The molecular weight excluding hydrogens is 452 g/mol. The van der Waals surface area contributed by atoms with Crippen LogP contribution in [0.5, 0.6) is 0 Å². The zero-order valence-electron chi connectivity index (χ0n) is 21.5. The minimum absolute atomic E-state index is 0.919. The molecule has 1 N–H and O–H groups in total. The molecule has 3 rings (SSSR count). The lowest BCUT2D eigenvalue weighted by Gasteiger charge is -2.41. The average molecular weight is 493 g/mol. The van der Waals surface area contributed by atoms with Crippen LogP contribution in [0.15, 0.2) is 87.5 Å². The van der Waals surface area contributed by atoms with Gasteiger partial charge in [0, 0.05) is 14.7 Å². The summed E-state index contributed by atoms with van der Waals surface area (Å²) in [6, 6.07) is 24.7. The number of aryl methyl sites for hydroxylation is 3. The van der Waals surface area contributed by atoms with E-state index in [0.29, 0.717) is 0 Å². The predicted molar refractivity (Wildman–Crippen MR) is 147 cm³/mol. The second-order valence-corrected chi connectivity index (χ2v) is 11.7. The van der Waals surface area contributed by atoms with E-state index in [1.807, 2.05) is 60.7 Å². The average Bonchev–Trinajstić information content (AvgIpc) is 2.89. The quantitative estimate of drug-likeness (QED) is 0.258. The normalized spacial score (nSPS) is 11.9. The van der Waals surface area contributed by atoms with Crippen molar-refractivity contribution in [1.82, 2.24) is 0 Å². The van der Waals surface area contributed by atoms with Crippen molar-refractivity contribution in [3.05, 3.63) is 89.5 Å². The first-order valence-corrected chi connectivity index (χ1v) is 14.6. The summed E-state index contributed by atoms with van der Waals surface area (Å²) in [5, 5.41) is 10.1. The first-order chi connectivity index (χ1) is 17.1. The Morgan fingerprint density at radius 2 is 1.14 bits per heavy atom. The van der Waals surface area contributed by atoms with Gasteiger partial charge in [-0.1, -0.05) is 88.6 Å². The predicted octanol–water partition coefficient (Wildman–Crippen LogP) is 9.61. The Morgan fingerprint density at radius 3 is 1.54 bits per heavy atom. The maximum Gasteiger partial charge on any atom is 0.517 e. The maximum absolute atomic E-state index is 12.4. The Morgan fingerprint density at radius 1 is 0.714 bits per heavy atom. The van der Waals surface area contributed by atoms with E-state index in [1.54, 1.807) is 0 Å². The molecule has 188 valence electrons. The molecular formula is C31H40O3S. The van der Waals surface area contributed by atoms with Crippen molar-refractivity contribution in [2.75, 3.05) is 0 Å². The van der Waals surface area contributed by atoms with Crippen molar-refractivity contribution in [3.63, 3.8) is 0 Å². The van der Waals surface area contributed by atoms with E-state index in [2.05, 4.69) is 32.9 Å². The molecule has 3 aromatic rings. The number of unbranched alkanes of at least 4 members (excludes halogenated alkanes) is 3. The van der Waals surface area contributed by atoms with Crippen molar-refractivity contribution in [1.29, 1.82) is 0 Å². The van der Waals surface area contributed by atoms with Gasteiger partial charge in [0.15, 0.2) is 0 Å². The number of hydrogen-bond donors (Lipinski definition) is 1. The third kappa shape index (κ3) is 6.49. The molecule has 0 aliphatic carbocycles. The fourth-order valence-corrected chi connectivity index (χ4v) is 8.04. The molecule has 0 bridgehead atoms. The zero-order valence-corrected chi connectivity index (χ0v) is 22.3. The monoisotopic (exact) mass is 492 g/mol. The van der Waals surface area contributed by atoms with Gasteiger partial charge in [-0.25, -0.2) is 4.79 Å². The second kappa shape index (κ2) is 13.4. The van der Waals surface area contributed by atoms with E-state index in [0.717, 1.165) is 72.5 Å². The van der Waals surface area contributed by atoms with Gasteiger partial charge in [-0.05, 0) is 89.8 Å². The lowest BCUT2D eigenvalue weighted by molar-refractivity contribution is 0.150. The maximum atomic E-state index is 12.4. The van der Waals surface area contributed by atoms with Gasteiger partial charge in [-0.2, -0.15) is 0 Å². The lowest BCUT2D eigenvalue weighted by atomic mass is 9.96. The van der Waals surface area contributed by atoms with Crippen LogP contribution in [0.25, 0.3) is 0 Å². The van der Waals surface area contributed by atoms with Gasteiger partial charge in [0.25, 0.3) is 0 Å². The van der Waals surface area contributed by atoms with E-state index >= 15 is 0 Å². The standard InChI is InChI=1S/C31H40O3S/c1-4-7-16-25-23-26(17-8-5-2)30(27(24-25)18-9-6-3)35(34-31(32)33,28-19-12-10-13-20-28)29-21-14-11-15-22-29/h10-15,19-24H,4-9,16-18H2,1-3H3,(H,32,33). The second-order valence-electron chi connectivity index (χ2n) is 9.09. The van der Waals surface area contributed by atoms with Crippen molar-refractivity contribution < 1.29 is 14.1 Å². The Hall–Kier alpha value is -2.72. The SMILES string of the molecule is CCCCc1cc(CCCC)c(S(OC(=O)O)(c2ccccc2)c2ccccc2)c(CCCC)c1. The molecule has 3 aromatic carbocycles. The number of carboxylic acid groups (broad SMARTS) is 1. The molecule has 0 spiro atoms. The van der Waals surface area contributed by atoms with E-state index in [9.17, 15) is 9.90 Å². The van der Waals surface area contributed by atoms with E-state index in [4.69, 9.17) is 4.18 Å². The summed E-state index contributed by atoms with van der Waals surface area (Å²) in [4.78, 5) is 15.3. The highest BCUT2D eigenvalue weighted by atomic mass is 32.3. The summed E-state index contributed by atoms with van der Waals surface area (Å²) < 4.78 is 6.16. The molecule has 4 heteroatoms. The number of rotatable bonds is 13. The summed E-state index contributed by atoms with van der Waals surface area (Å²) in [5.74, 6) is 0. The Kier molecular flexibility index (Phi) is 10.3. The summed E-state index contributed by atoms with van der Waals surface area (Å²) in [6.07, 6.45) is 8.25. The molecule has 0 amide bonds. The third-order valence-electron chi connectivity index (χ3n) is 6.35. The van der Waals surface area contributed by atoms with Crippen molar-refractivity contribution in [3.8, 4) is 0 Å². The van der Waals surface area contributed by atoms with E-state index in [1.165, 1.54) is 16.7 Å². The number of carbonyl (C=O) groups is 1. The third-order valence-corrected chi connectivity index (χ3v) is 9.72. The van der Waals surface area contributed by atoms with Crippen LogP contribution in [0.3, 0.4) is 0 Å². The van der Waals surface area contributed by atoms with E-state index in [-0.39, 0.29) is 0 Å². The van der Waals surface area contributed by atoms with Crippen LogP contribution in [0.1, 0.15) is 76.0 Å². The Labute approximate surface area is 213 Å². The summed E-state index contributed by atoms with van der Waals surface area (Å²) in [6.45, 7) is 6.65. The molecule has 0 aliphatic rings. The molecule has 3 nitrogen and oxygen atoms in total. The van der Waals surface area contributed by atoms with Crippen LogP contribution in [-0.2, 0) is 23.4 Å². The Balaban J connectivity index is 2.42. The number of hydrogen-bond acceptors (Lipinski definition) is 2. The van der Waals surface area contributed by atoms with Gasteiger partial charge in [0.05, 0.1) is 0 Å². The highest BCUT2D eigenvalue weighted by Crippen LogP contribution is 2.71. The fourth-order valence-electron chi connectivity index (χ4n) is 4.67. The molecule has 0 aromatic heterocycles. The van der Waals surface area contributed by atoms with Crippen LogP contribution < -0.4 is 0 Å². The van der Waals surface area contributed by atoms with Crippen LogP contribution in [0.2, 0.25) is 0 Å². The van der Waals surface area contributed by atoms with Crippen molar-refractivity contribution in [2.45, 2.75) is 93.2 Å². The lowest BCUT2D eigenvalue weighted by Crippen LogP contribution is -2.16. The van der Waals surface area contributed by atoms with Gasteiger partial charge in [-0.3, -0.25) is 0 Å². The van der Waals surface area contributed by atoms with E-state index < -0.39 is 16.5 Å². The first kappa shape index (κ1) is 26.9. The van der Waals surface area contributed by atoms with Crippen LogP contribution in [0, 0.1) is 0 Å². The Bertz CT molecular complexity index is 995. The minimum Gasteiger partial charge on any atom is -0.449 e. The highest BCUT2D eigenvalue weighted by Gasteiger charge is 2.39. The van der Waals surface area contributed by atoms with Gasteiger partial charge in [-0.15, -0.1) is 0 Å². The molecule has 0 saturated carbocycles. The molecule has 0 fully saturated rings. The van der Waals surface area contributed by atoms with Crippen molar-refractivity contribution in [2.24, 2.45) is 0 Å². The molecule has 0 saturated heterocycles. The summed E-state index contributed by atoms with van der Waals surface area (Å²) in [7, 11) is -2.49. The van der Waals surface area contributed by atoms with Gasteiger partial charge >= 0.3 is 6.16 Å². The molecule has 35 heavy (non-hydrogen) atoms. The van der Waals surface area contributed by atoms with Crippen molar-refractivity contribution >= 4 is 16.5 Å². The zero-order chi connectivity index (χ0) is 25.1. The molecule has 0 unspecified atom stereocenters. The molecule has 0 atom stereocenters. The highest BCUT2D eigenvalue weighted by molar-refractivity contribution is 8.30. The topological polar surface area (TPSA) is 46.5 Å². The summed E-state index contributed by atoms with van der Waals surface area (Å²) >= 11 is 0. The minimum atomic E-state index is -2.49. The largest absolute Gasteiger partial charge is 0.517 e. The smallest absolute Gasteiger partial charge is 0.449 e. The number of benzene rings is 3. The van der Waals surface area contributed by atoms with Crippen LogP contribution in [-0.4, -0.2) is 11.3 Å². The fraction of sp³-hybridized carbons (Fsp3) is 0.387. The van der Waals surface area contributed by atoms with Gasteiger partial charge in [0.1, 0.15) is 0 Å². The molecule has 0 aliphatic heterocycles. The van der Waals surface area contributed by atoms with Gasteiger partial charge < -0.3 is 9.29 Å². The molecule has 0 heterocycles. The summed E-state index contributed by atoms with van der Waals surface area (Å²) in [5.41, 5.74) is 3.85. The van der Waals surface area contributed by atoms with Gasteiger partial charge in [0.2, 0.25) is 0 Å². The first-order valence-electron chi connectivity index (χ1n) is 13.1. The van der Waals surface area contributed by atoms with Crippen LogP contribution >= 0.6 is 10.3 Å². The molecule has 0 radical (unpaired) electrons. The van der Waals surface area contributed by atoms with Crippen LogP contribution in [0.4, 0.5) is 4.79 Å².